The lowest BCUT2D eigenvalue weighted by Crippen LogP contribution is -2.40. The molecule has 1 unspecified atom stereocenters. The zero-order valence-electron chi connectivity index (χ0n) is 11.3. The van der Waals surface area contributed by atoms with Crippen LogP contribution in [-0.4, -0.2) is 28.1 Å². The van der Waals surface area contributed by atoms with Crippen LogP contribution in [0.1, 0.15) is 36.2 Å². The zero-order chi connectivity index (χ0) is 14.6. The molecule has 19 heavy (non-hydrogen) atoms. The molecule has 0 aliphatic rings. The van der Waals surface area contributed by atoms with Crippen LogP contribution in [0, 0.1) is 12.8 Å². The molecule has 0 aliphatic heterocycles. The van der Waals surface area contributed by atoms with Crippen molar-refractivity contribution in [3.05, 3.63) is 29.3 Å². The second kappa shape index (κ2) is 6.22. The summed E-state index contributed by atoms with van der Waals surface area (Å²) in [4.78, 5) is 22.8. The number of carbonyl (C=O) groups excluding carboxylic acids is 1. The SMILES string of the molecule is Cc1cc(O)ccc1C(=O)NC(CC(=O)O)C(C)C. The molecule has 0 aliphatic carbocycles. The molecule has 104 valence electrons. The van der Waals surface area contributed by atoms with Gasteiger partial charge in [-0.3, -0.25) is 9.59 Å². The number of carboxylic acid groups (broad SMARTS) is 1. The van der Waals surface area contributed by atoms with Crippen molar-refractivity contribution in [3.8, 4) is 5.75 Å². The molecule has 0 fully saturated rings. The minimum Gasteiger partial charge on any atom is -0.508 e. The number of phenolic OH excluding ortho intramolecular Hbond substituents is 1. The third-order valence-electron chi connectivity index (χ3n) is 2.97. The highest BCUT2D eigenvalue weighted by molar-refractivity contribution is 5.96. The van der Waals surface area contributed by atoms with Gasteiger partial charge in [0.05, 0.1) is 6.42 Å². The van der Waals surface area contributed by atoms with E-state index in [1.807, 2.05) is 13.8 Å². The summed E-state index contributed by atoms with van der Waals surface area (Å²) >= 11 is 0. The van der Waals surface area contributed by atoms with Gasteiger partial charge in [0.25, 0.3) is 5.91 Å². The van der Waals surface area contributed by atoms with Crippen LogP contribution in [0.3, 0.4) is 0 Å². The number of carbonyl (C=O) groups is 2. The van der Waals surface area contributed by atoms with Crippen LogP contribution in [0.5, 0.6) is 5.75 Å². The summed E-state index contributed by atoms with van der Waals surface area (Å²) in [6.07, 6.45) is -0.111. The van der Waals surface area contributed by atoms with Crippen molar-refractivity contribution in [2.24, 2.45) is 5.92 Å². The highest BCUT2D eigenvalue weighted by Crippen LogP contribution is 2.16. The number of aromatic hydroxyl groups is 1. The van der Waals surface area contributed by atoms with Crippen LogP contribution in [0.2, 0.25) is 0 Å². The fraction of sp³-hybridized carbons (Fsp3) is 0.429. The predicted octanol–water partition coefficient (Wildman–Crippen LogP) is 1.93. The molecular formula is C14H19NO4. The first-order valence-corrected chi connectivity index (χ1v) is 6.13. The maximum absolute atomic E-state index is 12.1. The average molecular weight is 265 g/mol. The molecule has 0 radical (unpaired) electrons. The van der Waals surface area contributed by atoms with Crippen molar-refractivity contribution >= 4 is 11.9 Å². The number of aliphatic carboxylic acids is 1. The molecular weight excluding hydrogens is 246 g/mol. The Kier molecular flexibility index (Phi) is 4.92. The molecule has 0 saturated heterocycles. The molecule has 0 spiro atoms. The van der Waals surface area contributed by atoms with Crippen LogP contribution in [0.4, 0.5) is 0 Å². The number of nitrogens with one attached hydrogen (secondary N) is 1. The Balaban J connectivity index is 2.84. The van der Waals surface area contributed by atoms with E-state index in [1.54, 1.807) is 6.92 Å². The fourth-order valence-electron chi connectivity index (χ4n) is 1.79. The summed E-state index contributed by atoms with van der Waals surface area (Å²) in [5.74, 6) is -1.14. The van der Waals surface area contributed by atoms with Gasteiger partial charge < -0.3 is 15.5 Å². The summed E-state index contributed by atoms with van der Waals surface area (Å²) < 4.78 is 0. The van der Waals surface area contributed by atoms with Gasteiger partial charge in [-0.1, -0.05) is 13.8 Å². The summed E-state index contributed by atoms with van der Waals surface area (Å²) in [7, 11) is 0. The average Bonchev–Trinajstić information content (AvgIpc) is 2.26. The number of hydrogen-bond acceptors (Lipinski definition) is 3. The number of benzene rings is 1. The lowest BCUT2D eigenvalue weighted by Gasteiger charge is -2.21. The number of hydrogen-bond donors (Lipinski definition) is 3. The fourth-order valence-corrected chi connectivity index (χ4v) is 1.79. The first kappa shape index (κ1) is 15.0. The third kappa shape index (κ3) is 4.28. The monoisotopic (exact) mass is 265 g/mol. The van der Waals surface area contributed by atoms with Crippen molar-refractivity contribution < 1.29 is 19.8 Å². The normalized spacial score (nSPS) is 12.2. The van der Waals surface area contributed by atoms with E-state index in [0.29, 0.717) is 11.1 Å². The molecule has 1 amide bonds. The predicted molar refractivity (Wildman–Crippen MR) is 71.2 cm³/mol. The van der Waals surface area contributed by atoms with Crippen LogP contribution in [0.25, 0.3) is 0 Å². The van der Waals surface area contributed by atoms with Crippen molar-refractivity contribution in [2.45, 2.75) is 33.2 Å². The number of aryl methyl sites for hydroxylation is 1. The molecule has 0 heterocycles. The topological polar surface area (TPSA) is 86.6 Å². The van der Waals surface area contributed by atoms with Gasteiger partial charge in [0.15, 0.2) is 0 Å². The van der Waals surface area contributed by atoms with E-state index in [4.69, 9.17) is 5.11 Å². The van der Waals surface area contributed by atoms with E-state index < -0.39 is 12.0 Å². The van der Waals surface area contributed by atoms with E-state index in [0.717, 1.165) is 0 Å². The van der Waals surface area contributed by atoms with Crippen molar-refractivity contribution in [1.82, 2.24) is 5.32 Å². The van der Waals surface area contributed by atoms with Gasteiger partial charge in [0.2, 0.25) is 0 Å². The lowest BCUT2D eigenvalue weighted by atomic mass is 9.99. The van der Waals surface area contributed by atoms with Gasteiger partial charge in [-0.15, -0.1) is 0 Å². The van der Waals surface area contributed by atoms with E-state index in [-0.39, 0.29) is 24.0 Å². The highest BCUT2D eigenvalue weighted by Gasteiger charge is 2.20. The smallest absolute Gasteiger partial charge is 0.305 e. The summed E-state index contributed by atoms with van der Waals surface area (Å²) in [5.41, 5.74) is 1.09. The molecule has 1 aromatic rings. The van der Waals surface area contributed by atoms with Crippen LogP contribution < -0.4 is 5.32 Å². The van der Waals surface area contributed by atoms with Crippen LogP contribution in [0.15, 0.2) is 18.2 Å². The number of rotatable bonds is 5. The van der Waals surface area contributed by atoms with E-state index >= 15 is 0 Å². The molecule has 1 rings (SSSR count). The van der Waals surface area contributed by atoms with Crippen molar-refractivity contribution in [3.63, 3.8) is 0 Å². The third-order valence-corrected chi connectivity index (χ3v) is 2.97. The Bertz CT molecular complexity index is 482. The Morgan fingerprint density at radius 1 is 1.32 bits per heavy atom. The Morgan fingerprint density at radius 2 is 1.95 bits per heavy atom. The second-order valence-electron chi connectivity index (χ2n) is 4.92. The van der Waals surface area contributed by atoms with Gasteiger partial charge in [-0.25, -0.2) is 0 Å². The minimum absolute atomic E-state index is 0.0254. The van der Waals surface area contributed by atoms with Gasteiger partial charge in [-0.05, 0) is 36.6 Å². The zero-order valence-corrected chi connectivity index (χ0v) is 11.3. The van der Waals surface area contributed by atoms with Gasteiger partial charge >= 0.3 is 5.97 Å². The lowest BCUT2D eigenvalue weighted by molar-refractivity contribution is -0.137. The van der Waals surface area contributed by atoms with Gasteiger partial charge in [-0.2, -0.15) is 0 Å². The summed E-state index contributed by atoms with van der Waals surface area (Å²) in [6.45, 7) is 5.44. The maximum Gasteiger partial charge on any atom is 0.305 e. The molecule has 5 heteroatoms. The van der Waals surface area contributed by atoms with E-state index in [9.17, 15) is 14.7 Å². The number of carboxylic acids is 1. The highest BCUT2D eigenvalue weighted by atomic mass is 16.4. The maximum atomic E-state index is 12.1. The molecule has 0 saturated carbocycles. The molecule has 0 bridgehead atoms. The first-order chi connectivity index (χ1) is 8.81. The molecule has 3 N–H and O–H groups in total. The molecule has 1 atom stereocenters. The molecule has 5 nitrogen and oxygen atoms in total. The Labute approximate surface area is 112 Å². The molecule has 1 aromatic carbocycles. The molecule has 0 aromatic heterocycles. The van der Waals surface area contributed by atoms with E-state index in [2.05, 4.69) is 5.32 Å². The largest absolute Gasteiger partial charge is 0.508 e. The van der Waals surface area contributed by atoms with Crippen molar-refractivity contribution in [1.29, 1.82) is 0 Å². The minimum atomic E-state index is -0.943. The van der Waals surface area contributed by atoms with Gasteiger partial charge in [0.1, 0.15) is 5.75 Å². The van der Waals surface area contributed by atoms with E-state index in [1.165, 1.54) is 18.2 Å². The van der Waals surface area contributed by atoms with Gasteiger partial charge in [0, 0.05) is 11.6 Å². The standard InChI is InChI=1S/C14H19NO4/c1-8(2)12(7-13(17)18)15-14(19)11-5-4-10(16)6-9(11)3/h4-6,8,12,16H,7H2,1-3H3,(H,15,19)(H,17,18). The van der Waals surface area contributed by atoms with Crippen LogP contribution >= 0.6 is 0 Å². The number of phenols is 1. The number of amides is 1. The van der Waals surface area contributed by atoms with Crippen LogP contribution in [-0.2, 0) is 4.79 Å². The Hall–Kier alpha value is -2.04. The first-order valence-electron chi connectivity index (χ1n) is 6.13. The second-order valence-corrected chi connectivity index (χ2v) is 4.92. The van der Waals surface area contributed by atoms with Crippen molar-refractivity contribution in [2.75, 3.05) is 0 Å². The quantitative estimate of drug-likeness (QED) is 0.759. The summed E-state index contributed by atoms with van der Waals surface area (Å²) in [5, 5.41) is 20.8. The summed E-state index contributed by atoms with van der Waals surface area (Å²) in [6, 6.07) is 4.04. The Morgan fingerprint density at radius 3 is 2.42 bits per heavy atom.